The fourth-order valence-corrected chi connectivity index (χ4v) is 3.18. The molecule has 1 saturated heterocycles. The Hall–Kier alpha value is -3.15. The van der Waals surface area contributed by atoms with E-state index in [9.17, 15) is 4.79 Å². The first-order chi connectivity index (χ1) is 12.2. The minimum absolute atomic E-state index is 0.472. The SMILES string of the molecule is NC(=O)/C=C/c1c[nH]c2ncc(-c3ccc(N4CCCC4)nc3)cc12. The van der Waals surface area contributed by atoms with E-state index in [1.54, 1.807) is 6.08 Å². The summed E-state index contributed by atoms with van der Waals surface area (Å²) in [4.78, 5) is 25.4. The highest BCUT2D eigenvalue weighted by Crippen LogP contribution is 2.26. The average Bonchev–Trinajstić information content (AvgIpc) is 3.29. The zero-order valence-corrected chi connectivity index (χ0v) is 13.8. The van der Waals surface area contributed by atoms with E-state index in [2.05, 4.69) is 32.0 Å². The molecule has 0 saturated carbocycles. The van der Waals surface area contributed by atoms with E-state index in [0.717, 1.165) is 46.6 Å². The maximum absolute atomic E-state index is 11.0. The van der Waals surface area contributed by atoms with Crippen molar-refractivity contribution < 1.29 is 4.79 Å². The largest absolute Gasteiger partial charge is 0.366 e. The second kappa shape index (κ2) is 6.39. The van der Waals surface area contributed by atoms with Gasteiger partial charge in [-0.05, 0) is 37.1 Å². The Balaban J connectivity index is 1.66. The molecule has 126 valence electrons. The van der Waals surface area contributed by atoms with Crippen LogP contribution in [0.5, 0.6) is 0 Å². The van der Waals surface area contributed by atoms with Gasteiger partial charge in [-0.3, -0.25) is 4.79 Å². The van der Waals surface area contributed by atoms with Crippen LogP contribution in [0.4, 0.5) is 5.82 Å². The summed E-state index contributed by atoms with van der Waals surface area (Å²) < 4.78 is 0. The molecule has 6 nitrogen and oxygen atoms in total. The number of hydrogen-bond acceptors (Lipinski definition) is 4. The van der Waals surface area contributed by atoms with Crippen LogP contribution in [0.3, 0.4) is 0 Å². The van der Waals surface area contributed by atoms with Gasteiger partial charge in [-0.1, -0.05) is 0 Å². The number of hydrogen-bond donors (Lipinski definition) is 2. The highest BCUT2D eigenvalue weighted by atomic mass is 16.1. The predicted octanol–water partition coefficient (Wildman–Crippen LogP) is 2.72. The maximum Gasteiger partial charge on any atom is 0.241 e. The lowest BCUT2D eigenvalue weighted by molar-refractivity contribution is -0.113. The molecule has 25 heavy (non-hydrogen) atoms. The first-order valence-corrected chi connectivity index (χ1v) is 8.37. The number of rotatable bonds is 4. The highest BCUT2D eigenvalue weighted by molar-refractivity contribution is 5.95. The summed E-state index contributed by atoms with van der Waals surface area (Å²) in [6.07, 6.45) is 11.0. The summed E-state index contributed by atoms with van der Waals surface area (Å²) in [5.41, 5.74) is 8.83. The van der Waals surface area contributed by atoms with Crippen molar-refractivity contribution in [2.24, 2.45) is 5.73 Å². The molecule has 6 heteroatoms. The number of pyridine rings is 2. The van der Waals surface area contributed by atoms with E-state index in [1.807, 2.05) is 24.7 Å². The fourth-order valence-electron chi connectivity index (χ4n) is 3.18. The number of nitrogens with two attached hydrogens (primary N) is 1. The van der Waals surface area contributed by atoms with Gasteiger partial charge in [-0.2, -0.15) is 0 Å². The van der Waals surface area contributed by atoms with Crippen molar-refractivity contribution in [2.75, 3.05) is 18.0 Å². The monoisotopic (exact) mass is 333 g/mol. The molecule has 3 aromatic rings. The Morgan fingerprint density at radius 1 is 1.16 bits per heavy atom. The van der Waals surface area contributed by atoms with Crippen LogP contribution in [0.15, 0.2) is 42.9 Å². The number of carbonyl (C=O) groups is 1. The highest BCUT2D eigenvalue weighted by Gasteiger charge is 2.13. The maximum atomic E-state index is 11.0. The molecule has 3 N–H and O–H groups in total. The quantitative estimate of drug-likeness (QED) is 0.719. The number of aromatic amines is 1. The Bertz CT molecular complexity index is 936. The zero-order valence-electron chi connectivity index (χ0n) is 13.8. The zero-order chi connectivity index (χ0) is 17.2. The molecule has 1 fully saturated rings. The first kappa shape index (κ1) is 15.4. The van der Waals surface area contributed by atoms with Crippen molar-refractivity contribution >= 4 is 28.8 Å². The van der Waals surface area contributed by atoms with Crippen LogP contribution in [-0.2, 0) is 4.79 Å². The summed E-state index contributed by atoms with van der Waals surface area (Å²) in [7, 11) is 0. The van der Waals surface area contributed by atoms with Gasteiger partial charge >= 0.3 is 0 Å². The lowest BCUT2D eigenvalue weighted by Crippen LogP contribution is -2.18. The molecule has 0 bridgehead atoms. The van der Waals surface area contributed by atoms with Crippen LogP contribution < -0.4 is 10.6 Å². The van der Waals surface area contributed by atoms with E-state index in [0.29, 0.717) is 0 Å². The third-order valence-electron chi connectivity index (χ3n) is 4.50. The number of nitrogens with one attached hydrogen (secondary N) is 1. The van der Waals surface area contributed by atoms with Gasteiger partial charge in [0, 0.05) is 59.8 Å². The molecule has 1 amide bonds. The van der Waals surface area contributed by atoms with Crippen molar-refractivity contribution in [2.45, 2.75) is 12.8 Å². The van der Waals surface area contributed by atoms with E-state index >= 15 is 0 Å². The number of primary amides is 1. The summed E-state index contributed by atoms with van der Waals surface area (Å²) in [5.74, 6) is 0.558. The van der Waals surface area contributed by atoms with Gasteiger partial charge in [-0.15, -0.1) is 0 Å². The van der Waals surface area contributed by atoms with Crippen LogP contribution in [0.25, 0.3) is 28.2 Å². The summed E-state index contributed by atoms with van der Waals surface area (Å²) >= 11 is 0. The van der Waals surface area contributed by atoms with Crippen molar-refractivity contribution in [3.8, 4) is 11.1 Å². The van der Waals surface area contributed by atoms with E-state index in [-0.39, 0.29) is 0 Å². The van der Waals surface area contributed by atoms with Crippen LogP contribution in [0.1, 0.15) is 18.4 Å². The molecule has 1 aliphatic heterocycles. The molecular formula is C19H19N5O. The second-order valence-corrected chi connectivity index (χ2v) is 6.20. The topological polar surface area (TPSA) is 87.9 Å². The molecular weight excluding hydrogens is 314 g/mol. The van der Waals surface area contributed by atoms with Crippen LogP contribution in [-0.4, -0.2) is 33.9 Å². The Morgan fingerprint density at radius 3 is 2.68 bits per heavy atom. The van der Waals surface area contributed by atoms with Gasteiger partial charge in [-0.25, -0.2) is 9.97 Å². The standard InChI is InChI=1S/C19H19N5O/c20-17(25)5-3-14-11-22-19-16(14)9-15(12-23-19)13-4-6-18(21-10-13)24-7-1-2-8-24/h3-6,9-12H,1-2,7-8H2,(H2,20,25)(H,22,23)/b5-3+. The Morgan fingerprint density at radius 2 is 1.96 bits per heavy atom. The van der Waals surface area contributed by atoms with E-state index in [1.165, 1.54) is 18.9 Å². The molecule has 0 spiro atoms. The van der Waals surface area contributed by atoms with Crippen molar-refractivity contribution in [3.63, 3.8) is 0 Å². The number of H-pyrrole nitrogens is 1. The number of carbonyl (C=O) groups excluding carboxylic acids is 1. The third-order valence-corrected chi connectivity index (χ3v) is 4.50. The van der Waals surface area contributed by atoms with Gasteiger partial charge in [0.25, 0.3) is 0 Å². The number of fused-ring (bicyclic) bond motifs is 1. The molecule has 0 aromatic carbocycles. The van der Waals surface area contributed by atoms with Crippen molar-refractivity contribution in [1.29, 1.82) is 0 Å². The van der Waals surface area contributed by atoms with Crippen LogP contribution in [0, 0.1) is 0 Å². The van der Waals surface area contributed by atoms with Crippen molar-refractivity contribution in [1.82, 2.24) is 15.0 Å². The number of amides is 1. The van der Waals surface area contributed by atoms with E-state index in [4.69, 9.17) is 5.73 Å². The van der Waals surface area contributed by atoms with E-state index < -0.39 is 5.91 Å². The molecule has 1 aliphatic rings. The van der Waals surface area contributed by atoms with Crippen LogP contribution in [0.2, 0.25) is 0 Å². The minimum Gasteiger partial charge on any atom is -0.366 e. The van der Waals surface area contributed by atoms with Gasteiger partial charge in [0.15, 0.2) is 0 Å². The predicted molar refractivity (Wildman–Crippen MR) is 99.0 cm³/mol. The normalized spacial score (nSPS) is 14.6. The lowest BCUT2D eigenvalue weighted by Gasteiger charge is -2.16. The average molecular weight is 333 g/mol. The summed E-state index contributed by atoms with van der Waals surface area (Å²) in [6, 6.07) is 6.19. The molecule has 0 aliphatic carbocycles. The Labute approximate surface area is 145 Å². The number of anilines is 1. The number of aromatic nitrogens is 3. The van der Waals surface area contributed by atoms with Gasteiger partial charge in [0.05, 0.1) is 0 Å². The third kappa shape index (κ3) is 3.10. The molecule has 0 atom stereocenters. The molecule has 0 radical (unpaired) electrons. The second-order valence-electron chi connectivity index (χ2n) is 6.20. The lowest BCUT2D eigenvalue weighted by atomic mass is 10.1. The smallest absolute Gasteiger partial charge is 0.241 e. The van der Waals surface area contributed by atoms with Gasteiger partial charge in [0.2, 0.25) is 5.91 Å². The van der Waals surface area contributed by atoms with Gasteiger partial charge < -0.3 is 15.6 Å². The fraction of sp³-hybridized carbons (Fsp3) is 0.211. The van der Waals surface area contributed by atoms with Crippen LogP contribution >= 0.6 is 0 Å². The van der Waals surface area contributed by atoms with Gasteiger partial charge in [0.1, 0.15) is 11.5 Å². The summed E-state index contributed by atoms with van der Waals surface area (Å²) in [5, 5.41) is 0.943. The van der Waals surface area contributed by atoms with Crippen molar-refractivity contribution in [3.05, 3.63) is 48.4 Å². The molecule has 3 aromatic heterocycles. The molecule has 4 heterocycles. The number of nitrogens with zero attached hydrogens (tertiary/aromatic N) is 3. The minimum atomic E-state index is -0.472. The Kier molecular flexibility index (Phi) is 3.93. The molecule has 0 unspecified atom stereocenters. The summed E-state index contributed by atoms with van der Waals surface area (Å²) in [6.45, 7) is 2.16. The molecule has 4 rings (SSSR count). The first-order valence-electron chi connectivity index (χ1n) is 8.37.